The Bertz CT molecular complexity index is 1390. The zero-order valence-electron chi connectivity index (χ0n) is 20.7. The van der Waals surface area contributed by atoms with Crippen LogP contribution in [0, 0.1) is 5.92 Å². The predicted molar refractivity (Wildman–Crippen MR) is 147 cm³/mol. The summed E-state index contributed by atoms with van der Waals surface area (Å²) in [6, 6.07) is 16.2. The second-order valence-electron chi connectivity index (χ2n) is 10.1. The Morgan fingerprint density at radius 3 is 2.49 bits per heavy atom. The number of nitrogens with one attached hydrogen (secondary N) is 1. The maximum atomic E-state index is 12.9. The van der Waals surface area contributed by atoms with Gasteiger partial charge in [0.15, 0.2) is 0 Å². The average Bonchev–Trinajstić information content (AvgIpc) is 3.44. The first-order valence-electron chi connectivity index (χ1n) is 13.1. The number of nitrogens with zero attached hydrogens (tertiary/aromatic N) is 4. The minimum atomic E-state index is -0.250. The summed E-state index contributed by atoms with van der Waals surface area (Å²) in [4.78, 5) is 30.0. The van der Waals surface area contributed by atoms with Crippen LogP contribution in [0.25, 0.3) is 21.3 Å². The third-order valence-corrected chi connectivity index (χ3v) is 8.80. The van der Waals surface area contributed by atoms with Gasteiger partial charge in [-0.1, -0.05) is 30.3 Å². The summed E-state index contributed by atoms with van der Waals surface area (Å²) in [7, 11) is 0. The molecule has 4 aromatic rings. The Kier molecular flexibility index (Phi) is 6.85. The van der Waals surface area contributed by atoms with Gasteiger partial charge in [-0.2, -0.15) is 0 Å². The molecule has 1 aliphatic heterocycles. The number of thiazole rings is 1. The van der Waals surface area contributed by atoms with Gasteiger partial charge in [-0.3, -0.25) is 4.79 Å². The fraction of sp³-hybridized carbons (Fsp3) is 0.379. The Morgan fingerprint density at radius 2 is 1.68 bits per heavy atom. The van der Waals surface area contributed by atoms with Crippen LogP contribution >= 0.6 is 11.3 Å². The SMILES string of the molecule is O=C([C@H]1CC[C@H](c2ncc(-c3cccc(Nc4cc5ccccc5cn4)n3)s2)CC1)N1CCC(O)CC1. The molecule has 8 heteroatoms. The van der Waals surface area contributed by atoms with E-state index in [1.54, 1.807) is 11.3 Å². The van der Waals surface area contributed by atoms with Crippen LogP contribution in [0.2, 0.25) is 0 Å². The van der Waals surface area contributed by atoms with Crippen molar-refractivity contribution in [3.8, 4) is 10.6 Å². The van der Waals surface area contributed by atoms with Crippen molar-refractivity contribution in [1.82, 2.24) is 19.9 Å². The molecule has 4 heterocycles. The smallest absolute Gasteiger partial charge is 0.225 e. The lowest BCUT2D eigenvalue weighted by Gasteiger charge is -2.34. The quantitative estimate of drug-likeness (QED) is 0.353. The van der Waals surface area contributed by atoms with Crippen LogP contribution in [-0.4, -0.2) is 50.1 Å². The molecule has 1 saturated carbocycles. The lowest BCUT2D eigenvalue weighted by molar-refractivity contribution is -0.138. The molecule has 1 amide bonds. The first kappa shape index (κ1) is 24.0. The molecule has 37 heavy (non-hydrogen) atoms. The van der Waals surface area contributed by atoms with Crippen molar-refractivity contribution in [3.63, 3.8) is 0 Å². The van der Waals surface area contributed by atoms with E-state index >= 15 is 0 Å². The van der Waals surface area contributed by atoms with Crippen LogP contribution in [0.1, 0.15) is 49.5 Å². The number of aliphatic hydroxyl groups excluding tert-OH is 1. The molecule has 1 aliphatic carbocycles. The highest BCUT2D eigenvalue weighted by molar-refractivity contribution is 7.15. The number of rotatable bonds is 5. The first-order chi connectivity index (χ1) is 18.1. The van der Waals surface area contributed by atoms with Crippen molar-refractivity contribution in [2.24, 2.45) is 5.92 Å². The molecular formula is C29H31N5O2S. The number of hydrogen-bond donors (Lipinski definition) is 2. The van der Waals surface area contributed by atoms with Crippen molar-refractivity contribution in [3.05, 3.63) is 65.9 Å². The van der Waals surface area contributed by atoms with E-state index in [2.05, 4.69) is 22.4 Å². The Morgan fingerprint density at radius 1 is 0.892 bits per heavy atom. The maximum absolute atomic E-state index is 12.9. The topological polar surface area (TPSA) is 91.2 Å². The largest absolute Gasteiger partial charge is 0.393 e. The van der Waals surface area contributed by atoms with E-state index < -0.39 is 0 Å². The van der Waals surface area contributed by atoms with Gasteiger partial charge in [0, 0.05) is 42.7 Å². The van der Waals surface area contributed by atoms with Crippen molar-refractivity contribution in [1.29, 1.82) is 0 Å². The van der Waals surface area contributed by atoms with Crippen molar-refractivity contribution < 1.29 is 9.90 Å². The van der Waals surface area contributed by atoms with E-state index in [0.717, 1.165) is 63.7 Å². The van der Waals surface area contributed by atoms with Gasteiger partial charge in [0.1, 0.15) is 11.6 Å². The molecule has 190 valence electrons. The highest BCUT2D eigenvalue weighted by Gasteiger charge is 2.32. The van der Waals surface area contributed by atoms with Crippen LogP contribution in [0.3, 0.4) is 0 Å². The number of anilines is 2. The maximum Gasteiger partial charge on any atom is 0.225 e. The highest BCUT2D eigenvalue weighted by Crippen LogP contribution is 2.40. The molecule has 0 unspecified atom stereocenters. The van der Waals surface area contributed by atoms with Crippen molar-refractivity contribution >= 4 is 39.7 Å². The van der Waals surface area contributed by atoms with Crippen LogP contribution in [0.4, 0.5) is 11.6 Å². The molecular weight excluding hydrogens is 482 g/mol. The molecule has 2 aliphatic rings. The minimum absolute atomic E-state index is 0.110. The number of hydrogen-bond acceptors (Lipinski definition) is 7. The number of likely N-dealkylation sites (tertiary alicyclic amines) is 1. The summed E-state index contributed by atoms with van der Waals surface area (Å²) in [6.45, 7) is 1.38. The van der Waals surface area contributed by atoms with E-state index in [-0.39, 0.29) is 17.9 Å². The number of carbonyl (C=O) groups excluding carboxylic acids is 1. The standard InChI is InChI=1S/C29H31N5O2S/c35-23-12-14-34(15-13-23)29(36)20-10-8-19(9-11-20)28-31-18-25(37-28)24-6-3-7-26(32-24)33-27-16-21-4-1-2-5-22(21)17-30-27/h1-7,16-20,23,35H,8-15H2,(H,30,32,33)/t19-,20-. The van der Waals surface area contributed by atoms with Gasteiger partial charge >= 0.3 is 0 Å². The number of pyridine rings is 2. The van der Waals surface area contributed by atoms with E-state index in [9.17, 15) is 9.90 Å². The number of carbonyl (C=O) groups is 1. The van der Waals surface area contributed by atoms with Gasteiger partial charge in [0.25, 0.3) is 0 Å². The lowest BCUT2D eigenvalue weighted by Crippen LogP contribution is -2.43. The third-order valence-electron chi connectivity index (χ3n) is 7.61. The number of aliphatic hydroxyl groups is 1. The molecule has 1 saturated heterocycles. The van der Waals surface area contributed by atoms with Gasteiger partial charge in [0.05, 0.1) is 21.7 Å². The van der Waals surface area contributed by atoms with Crippen LogP contribution in [-0.2, 0) is 4.79 Å². The zero-order valence-corrected chi connectivity index (χ0v) is 21.5. The highest BCUT2D eigenvalue weighted by atomic mass is 32.1. The molecule has 0 atom stereocenters. The van der Waals surface area contributed by atoms with Gasteiger partial charge < -0.3 is 15.3 Å². The number of aromatic nitrogens is 3. The first-order valence-corrected chi connectivity index (χ1v) is 14.0. The molecule has 0 radical (unpaired) electrons. The molecule has 3 aromatic heterocycles. The van der Waals surface area contributed by atoms with E-state index in [1.165, 1.54) is 0 Å². The van der Waals surface area contributed by atoms with Crippen molar-refractivity contribution in [2.75, 3.05) is 18.4 Å². The number of fused-ring (bicyclic) bond motifs is 1. The number of piperidine rings is 1. The molecule has 1 aromatic carbocycles. The zero-order chi connectivity index (χ0) is 25.2. The fourth-order valence-electron chi connectivity index (χ4n) is 5.45. The molecule has 6 rings (SSSR count). The molecule has 0 bridgehead atoms. The van der Waals surface area contributed by atoms with Crippen LogP contribution in [0.15, 0.2) is 60.9 Å². The van der Waals surface area contributed by atoms with Gasteiger partial charge in [-0.25, -0.2) is 15.0 Å². The molecule has 0 spiro atoms. The van der Waals surface area contributed by atoms with Gasteiger partial charge in [-0.05, 0) is 62.1 Å². The summed E-state index contributed by atoms with van der Waals surface area (Å²) >= 11 is 1.71. The average molecular weight is 514 g/mol. The van der Waals surface area contributed by atoms with Gasteiger partial charge in [0.2, 0.25) is 5.91 Å². The summed E-state index contributed by atoms with van der Waals surface area (Å²) in [6.07, 6.45) is 8.75. The van der Waals surface area contributed by atoms with Crippen LogP contribution < -0.4 is 5.32 Å². The summed E-state index contributed by atoms with van der Waals surface area (Å²) in [5.74, 6) is 2.30. The van der Waals surface area contributed by atoms with E-state index in [4.69, 9.17) is 9.97 Å². The number of benzene rings is 1. The Balaban J connectivity index is 1.09. The van der Waals surface area contributed by atoms with Crippen LogP contribution in [0.5, 0.6) is 0 Å². The Labute approximate surface area is 220 Å². The summed E-state index contributed by atoms with van der Waals surface area (Å²) in [5.41, 5.74) is 0.894. The van der Waals surface area contributed by atoms with Crippen molar-refractivity contribution in [2.45, 2.75) is 50.5 Å². The number of amides is 1. The lowest BCUT2D eigenvalue weighted by atomic mass is 9.81. The normalized spacial score (nSPS) is 20.7. The molecule has 2 N–H and O–H groups in total. The molecule has 2 fully saturated rings. The third kappa shape index (κ3) is 5.36. The summed E-state index contributed by atoms with van der Waals surface area (Å²) in [5, 5.41) is 16.4. The minimum Gasteiger partial charge on any atom is -0.393 e. The Hall–Kier alpha value is -3.36. The second kappa shape index (κ2) is 10.6. The monoisotopic (exact) mass is 513 g/mol. The van der Waals surface area contributed by atoms with E-state index in [1.807, 2.05) is 53.7 Å². The summed E-state index contributed by atoms with van der Waals surface area (Å²) < 4.78 is 0. The predicted octanol–water partition coefficient (Wildman–Crippen LogP) is 5.75. The second-order valence-corrected chi connectivity index (χ2v) is 11.2. The van der Waals surface area contributed by atoms with E-state index in [0.29, 0.717) is 31.8 Å². The van der Waals surface area contributed by atoms with Gasteiger partial charge in [-0.15, -0.1) is 11.3 Å². The molecule has 7 nitrogen and oxygen atoms in total. The fourth-order valence-corrected chi connectivity index (χ4v) is 6.51.